The second-order valence-corrected chi connectivity index (χ2v) is 6.97. The number of aliphatic carboxylic acids is 1. The Morgan fingerprint density at radius 1 is 1.18 bits per heavy atom. The van der Waals surface area contributed by atoms with Crippen molar-refractivity contribution in [2.45, 2.75) is 12.5 Å². The normalized spacial score (nSPS) is 14.9. The van der Waals surface area contributed by atoms with Gasteiger partial charge in [0.15, 0.2) is 23.4 Å². The van der Waals surface area contributed by atoms with Crippen molar-refractivity contribution in [2.24, 2.45) is 0 Å². The minimum absolute atomic E-state index is 0. The SMILES string of the molecule is CN1C=CC(=O)[C@H](N(C(=O)NCCC(=O)[O-])c2cccc(Oc3ccc(F)cc3F)c2)C1=O.[Na+]. The van der Waals surface area contributed by atoms with Crippen LogP contribution in [-0.2, 0) is 14.4 Å². The predicted molar refractivity (Wildman–Crippen MR) is 109 cm³/mol. The molecule has 172 valence electrons. The van der Waals surface area contributed by atoms with Crippen molar-refractivity contribution < 1.29 is 67.4 Å². The fourth-order valence-electron chi connectivity index (χ4n) is 3.02. The van der Waals surface area contributed by atoms with Crippen molar-refractivity contribution in [1.82, 2.24) is 10.2 Å². The summed E-state index contributed by atoms with van der Waals surface area (Å²) in [5.74, 6) is -4.78. The number of amides is 3. The van der Waals surface area contributed by atoms with Gasteiger partial charge in [-0.3, -0.25) is 14.5 Å². The molecule has 1 aliphatic heterocycles. The molecule has 3 rings (SSSR count). The maximum Gasteiger partial charge on any atom is 1.00 e. The molecule has 1 aliphatic rings. The van der Waals surface area contributed by atoms with Crippen molar-refractivity contribution in [3.8, 4) is 11.5 Å². The Labute approximate surface area is 215 Å². The van der Waals surface area contributed by atoms with E-state index in [-0.39, 0.29) is 53.3 Å². The van der Waals surface area contributed by atoms with Gasteiger partial charge in [-0.1, -0.05) is 6.07 Å². The largest absolute Gasteiger partial charge is 1.00 e. The van der Waals surface area contributed by atoms with Crippen molar-refractivity contribution in [2.75, 3.05) is 18.5 Å². The van der Waals surface area contributed by atoms with E-state index in [4.69, 9.17) is 4.74 Å². The topological polar surface area (TPSA) is 119 Å². The maximum absolute atomic E-state index is 14.0. The van der Waals surface area contributed by atoms with E-state index in [0.29, 0.717) is 6.07 Å². The molecule has 0 bridgehead atoms. The van der Waals surface area contributed by atoms with Crippen LogP contribution < -0.4 is 49.6 Å². The summed E-state index contributed by atoms with van der Waals surface area (Å²) in [5.41, 5.74) is 0.0383. The van der Waals surface area contributed by atoms with E-state index >= 15 is 0 Å². The molecule has 2 aromatic carbocycles. The number of ketones is 1. The average molecular weight is 481 g/mol. The second kappa shape index (κ2) is 11.7. The maximum atomic E-state index is 14.0. The monoisotopic (exact) mass is 481 g/mol. The first-order valence-electron chi connectivity index (χ1n) is 9.66. The first kappa shape index (κ1) is 27.0. The predicted octanol–water partition coefficient (Wildman–Crippen LogP) is -1.66. The number of hydrogen-bond donors (Lipinski definition) is 1. The standard InChI is InChI=1S/C22H19F2N3O6.Na/c1-26-10-8-17(28)20(21(26)31)27(22(32)25-9-7-19(29)30)14-3-2-4-15(12-14)33-18-6-5-13(23)11-16(18)24;/h2-6,8,10-12,20H,7,9H2,1H3,(H,25,32)(H,29,30);/q;+1/p-1/t20-;/m0./s1. The average Bonchev–Trinajstić information content (AvgIpc) is 2.76. The van der Waals surface area contributed by atoms with Crippen molar-refractivity contribution >= 4 is 29.4 Å². The minimum atomic E-state index is -1.57. The Balaban J connectivity index is 0.00000408. The Morgan fingerprint density at radius 3 is 2.59 bits per heavy atom. The fourth-order valence-corrected chi connectivity index (χ4v) is 3.02. The minimum Gasteiger partial charge on any atom is -0.550 e. The van der Waals surface area contributed by atoms with Gasteiger partial charge in [0.05, 0.1) is 5.69 Å². The van der Waals surface area contributed by atoms with Gasteiger partial charge in [-0.25, -0.2) is 13.6 Å². The molecule has 0 saturated carbocycles. The van der Waals surface area contributed by atoms with E-state index in [0.717, 1.165) is 28.0 Å². The van der Waals surface area contributed by atoms with Crippen LogP contribution >= 0.6 is 0 Å². The van der Waals surface area contributed by atoms with Crippen LogP contribution in [0.5, 0.6) is 11.5 Å². The smallest absolute Gasteiger partial charge is 0.550 e. The van der Waals surface area contributed by atoms with E-state index in [9.17, 15) is 33.1 Å². The number of benzene rings is 2. The first-order chi connectivity index (χ1) is 15.7. The Hall–Kier alpha value is -3.28. The fraction of sp³-hybridized carbons (Fsp3) is 0.182. The van der Waals surface area contributed by atoms with Gasteiger partial charge in [-0.05, 0) is 24.3 Å². The molecule has 1 N–H and O–H groups in total. The van der Waals surface area contributed by atoms with Gasteiger partial charge in [-0.2, -0.15) is 0 Å². The van der Waals surface area contributed by atoms with E-state index in [2.05, 4.69) is 5.32 Å². The van der Waals surface area contributed by atoms with Crippen LogP contribution in [0.2, 0.25) is 0 Å². The van der Waals surface area contributed by atoms with E-state index in [1.54, 1.807) is 0 Å². The molecule has 12 heteroatoms. The number of carboxylic acids is 1. The summed E-state index contributed by atoms with van der Waals surface area (Å²) >= 11 is 0. The van der Waals surface area contributed by atoms with E-state index in [1.165, 1.54) is 37.5 Å². The third-order valence-electron chi connectivity index (χ3n) is 4.61. The number of ether oxygens (including phenoxy) is 1. The van der Waals surface area contributed by atoms with Crippen LogP contribution in [0, 0.1) is 11.6 Å². The molecule has 0 fully saturated rings. The van der Waals surface area contributed by atoms with Crippen molar-refractivity contribution in [3.63, 3.8) is 0 Å². The number of carboxylic acid groups (broad SMARTS) is 1. The van der Waals surface area contributed by atoms with Crippen LogP contribution in [0.15, 0.2) is 54.7 Å². The summed E-state index contributed by atoms with van der Waals surface area (Å²) in [4.78, 5) is 50.8. The first-order valence-corrected chi connectivity index (χ1v) is 9.66. The van der Waals surface area contributed by atoms with Gasteiger partial charge in [0.1, 0.15) is 11.6 Å². The molecular formula is C22H18F2N3NaO6. The zero-order chi connectivity index (χ0) is 24.1. The summed E-state index contributed by atoms with van der Waals surface area (Å²) in [6.45, 7) is -0.310. The van der Waals surface area contributed by atoms with Gasteiger partial charge < -0.3 is 24.9 Å². The summed E-state index contributed by atoms with van der Waals surface area (Å²) in [7, 11) is 1.40. The number of nitrogens with zero attached hydrogens (tertiary/aromatic N) is 2. The number of likely N-dealkylation sites (N-methyl/N-ethyl adjacent to an activating group) is 1. The van der Waals surface area contributed by atoms with Crippen LogP contribution in [0.25, 0.3) is 0 Å². The molecule has 1 atom stereocenters. The van der Waals surface area contributed by atoms with Crippen molar-refractivity contribution in [1.29, 1.82) is 0 Å². The quantitative estimate of drug-likeness (QED) is 0.374. The second-order valence-electron chi connectivity index (χ2n) is 6.97. The molecule has 0 spiro atoms. The zero-order valence-electron chi connectivity index (χ0n) is 18.3. The molecule has 9 nitrogen and oxygen atoms in total. The molecule has 2 aromatic rings. The van der Waals surface area contributed by atoms with Crippen LogP contribution in [0.1, 0.15) is 6.42 Å². The van der Waals surface area contributed by atoms with Crippen LogP contribution in [0.3, 0.4) is 0 Å². The number of halogens is 2. The summed E-state index contributed by atoms with van der Waals surface area (Å²) < 4.78 is 32.5. The van der Waals surface area contributed by atoms with E-state index in [1.807, 2.05) is 0 Å². The zero-order valence-corrected chi connectivity index (χ0v) is 20.3. The number of hydrogen-bond acceptors (Lipinski definition) is 6. The molecule has 0 saturated heterocycles. The van der Waals surface area contributed by atoms with Crippen molar-refractivity contribution in [3.05, 3.63) is 66.4 Å². The van der Waals surface area contributed by atoms with Gasteiger partial charge in [0.2, 0.25) is 0 Å². The molecule has 0 aliphatic carbocycles. The van der Waals surface area contributed by atoms with Gasteiger partial charge in [0.25, 0.3) is 5.91 Å². The molecule has 0 unspecified atom stereocenters. The van der Waals surface area contributed by atoms with Gasteiger partial charge in [-0.15, -0.1) is 0 Å². The Morgan fingerprint density at radius 2 is 1.91 bits per heavy atom. The number of anilines is 1. The molecule has 0 radical (unpaired) electrons. The molecule has 1 heterocycles. The number of nitrogens with one attached hydrogen (secondary N) is 1. The summed E-state index contributed by atoms with van der Waals surface area (Å²) in [6, 6.07) is 5.77. The number of carbonyl (C=O) groups excluding carboxylic acids is 4. The molecule has 3 amide bonds. The van der Waals surface area contributed by atoms with Crippen LogP contribution in [0.4, 0.5) is 19.3 Å². The van der Waals surface area contributed by atoms with E-state index < -0.39 is 47.8 Å². The summed E-state index contributed by atoms with van der Waals surface area (Å²) in [6.07, 6.45) is 1.89. The third-order valence-corrected chi connectivity index (χ3v) is 4.61. The third kappa shape index (κ3) is 6.40. The molecule has 34 heavy (non-hydrogen) atoms. The van der Waals surface area contributed by atoms with Crippen LogP contribution in [-0.4, -0.2) is 48.2 Å². The Bertz CT molecular complexity index is 1140. The number of urea groups is 1. The van der Waals surface area contributed by atoms with Gasteiger partial charge in [0, 0.05) is 50.4 Å². The Kier molecular flexibility index (Phi) is 9.30. The number of carbonyl (C=O) groups is 4. The number of rotatable bonds is 7. The van der Waals surface area contributed by atoms with Gasteiger partial charge >= 0.3 is 35.6 Å². The summed E-state index contributed by atoms with van der Waals surface area (Å²) in [5, 5.41) is 13.0. The molecule has 0 aromatic heterocycles. The molecular weight excluding hydrogens is 463 g/mol.